The van der Waals surface area contributed by atoms with E-state index in [1.54, 1.807) is 0 Å². The minimum absolute atomic E-state index is 0.208. The first-order valence-electron chi connectivity index (χ1n) is 7.64. The summed E-state index contributed by atoms with van der Waals surface area (Å²) >= 11 is 0. The Morgan fingerprint density at radius 3 is 2.40 bits per heavy atom. The lowest BCUT2D eigenvalue weighted by Crippen LogP contribution is -2.42. The third kappa shape index (κ3) is 4.97. The molecule has 2 unspecified atom stereocenters. The third-order valence-corrected chi connectivity index (χ3v) is 4.03. The van der Waals surface area contributed by atoms with E-state index >= 15 is 0 Å². The number of hydrogen-bond donors (Lipinski definition) is 2. The van der Waals surface area contributed by atoms with Crippen molar-refractivity contribution in [2.75, 3.05) is 0 Å². The van der Waals surface area contributed by atoms with Gasteiger partial charge in [0.25, 0.3) is 0 Å². The van der Waals surface area contributed by atoms with Crippen molar-refractivity contribution in [1.82, 2.24) is 0 Å². The van der Waals surface area contributed by atoms with Gasteiger partial charge in [-0.05, 0) is 17.9 Å². The molecule has 0 bridgehead atoms. The zero-order valence-corrected chi connectivity index (χ0v) is 12.8. The molecule has 3 nitrogen and oxygen atoms in total. The molecule has 1 rings (SSSR count). The summed E-state index contributed by atoms with van der Waals surface area (Å²) in [5, 5.41) is 0. The lowest BCUT2D eigenvalue weighted by molar-refractivity contribution is -0.119. The first-order valence-corrected chi connectivity index (χ1v) is 7.64. The number of hydrogen-bond acceptors (Lipinski definition) is 2. The van der Waals surface area contributed by atoms with E-state index in [2.05, 4.69) is 13.8 Å². The summed E-state index contributed by atoms with van der Waals surface area (Å²) in [6, 6.07) is 9.88. The normalized spacial score (nSPS) is 15.6. The van der Waals surface area contributed by atoms with Crippen molar-refractivity contribution < 1.29 is 4.79 Å². The van der Waals surface area contributed by atoms with Crippen LogP contribution < -0.4 is 11.5 Å². The van der Waals surface area contributed by atoms with Crippen molar-refractivity contribution >= 4 is 5.91 Å². The number of benzene rings is 1. The van der Waals surface area contributed by atoms with E-state index in [0.717, 1.165) is 24.8 Å². The number of unbranched alkanes of at least 4 members (excludes halogenated alkanes) is 1. The summed E-state index contributed by atoms with van der Waals surface area (Å²) < 4.78 is 0. The van der Waals surface area contributed by atoms with Crippen molar-refractivity contribution in [3.8, 4) is 0 Å². The minimum Gasteiger partial charge on any atom is -0.370 e. The Morgan fingerprint density at radius 2 is 1.90 bits per heavy atom. The Kier molecular flexibility index (Phi) is 6.73. The molecule has 0 radical (unpaired) electrons. The lowest BCUT2D eigenvalue weighted by atomic mass is 9.77. The van der Waals surface area contributed by atoms with Gasteiger partial charge in [-0.2, -0.15) is 0 Å². The first kappa shape index (κ1) is 16.7. The van der Waals surface area contributed by atoms with Crippen molar-refractivity contribution in [2.24, 2.45) is 17.4 Å². The Labute approximate surface area is 122 Å². The average molecular weight is 276 g/mol. The van der Waals surface area contributed by atoms with Crippen LogP contribution in [-0.2, 0) is 10.3 Å². The van der Waals surface area contributed by atoms with Crippen LogP contribution in [-0.4, -0.2) is 5.91 Å². The van der Waals surface area contributed by atoms with E-state index in [-0.39, 0.29) is 12.3 Å². The predicted octanol–water partition coefficient (Wildman–Crippen LogP) is 3.32. The van der Waals surface area contributed by atoms with Crippen LogP contribution in [0.3, 0.4) is 0 Å². The van der Waals surface area contributed by atoms with Gasteiger partial charge in [-0.15, -0.1) is 0 Å². The van der Waals surface area contributed by atoms with Crippen LogP contribution in [0.4, 0.5) is 0 Å². The molecule has 112 valence electrons. The first-order chi connectivity index (χ1) is 9.51. The number of carbonyl (C=O) groups is 1. The van der Waals surface area contributed by atoms with Gasteiger partial charge in [0.15, 0.2) is 0 Å². The molecule has 20 heavy (non-hydrogen) atoms. The van der Waals surface area contributed by atoms with E-state index in [0.29, 0.717) is 5.92 Å². The quantitative estimate of drug-likeness (QED) is 0.726. The molecule has 0 saturated heterocycles. The number of amides is 1. The molecule has 0 aliphatic carbocycles. The van der Waals surface area contributed by atoms with Gasteiger partial charge in [0.1, 0.15) is 0 Å². The second-order valence-electron chi connectivity index (χ2n) is 5.79. The zero-order valence-electron chi connectivity index (χ0n) is 12.8. The fourth-order valence-corrected chi connectivity index (χ4v) is 2.83. The maximum atomic E-state index is 11.4. The van der Waals surface area contributed by atoms with Crippen molar-refractivity contribution in [3.05, 3.63) is 35.9 Å². The molecule has 2 atom stereocenters. The van der Waals surface area contributed by atoms with Crippen LogP contribution in [0.2, 0.25) is 0 Å². The topological polar surface area (TPSA) is 69.1 Å². The van der Waals surface area contributed by atoms with Crippen LogP contribution in [0.1, 0.15) is 57.9 Å². The standard InChI is InChI=1S/C17H28N2O/c1-3-5-9-14(4-2)12-17(19,13-16(18)20)15-10-7-6-8-11-15/h6-8,10-11,14H,3-5,9,12-13,19H2,1-2H3,(H2,18,20). The van der Waals surface area contributed by atoms with Gasteiger partial charge >= 0.3 is 0 Å². The Hall–Kier alpha value is -1.35. The molecule has 0 fully saturated rings. The predicted molar refractivity (Wildman–Crippen MR) is 84.0 cm³/mol. The Bertz CT molecular complexity index is 405. The number of nitrogens with two attached hydrogens (primary N) is 2. The molecule has 0 heterocycles. The van der Waals surface area contributed by atoms with E-state index in [4.69, 9.17) is 11.5 Å². The van der Waals surface area contributed by atoms with Crippen LogP contribution >= 0.6 is 0 Å². The summed E-state index contributed by atoms with van der Waals surface area (Å²) in [5.41, 5.74) is 12.4. The molecular weight excluding hydrogens is 248 g/mol. The van der Waals surface area contributed by atoms with Gasteiger partial charge in [-0.25, -0.2) is 0 Å². The Balaban J connectivity index is 2.90. The highest BCUT2D eigenvalue weighted by Crippen LogP contribution is 2.32. The SMILES string of the molecule is CCCCC(CC)CC(N)(CC(N)=O)c1ccccc1. The molecule has 0 saturated carbocycles. The summed E-state index contributed by atoms with van der Waals surface area (Å²) in [7, 11) is 0. The molecule has 0 aliphatic heterocycles. The molecule has 1 amide bonds. The highest BCUT2D eigenvalue weighted by atomic mass is 16.1. The maximum absolute atomic E-state index is 11.4. The molecular formula is C17H28N2O. The van der Waals surface area contributed by atoms with Crippen LogP contribution in [0.25, 0.3) is 0 Å². The van der Waals surface area contributed by atoms with Crippen LogP contribution in [0.15, 0.2) is 30.3 Å². The molecule has 1 aromatic rings. The van der Waals surface area contributed by atoms with Gasteiger partial charge in [0.2, 0.25) is 5.91 Å². The van der Waals surface area contributed by atoms with Crippen molar-refractivity contribution in [3.63, 3.8) is 0 Å². The monoisotopic (exact) mass is 276 g/mol. The lowest BCUT2D eigenvalue weighted by Gasteiger charge is -2.33. The van der Waals surface area contributed by atoms with Gasteiger partial charge in [-0.1, -0.05) is 69.9 Å². The minimum atomic E-state index is -0.637. The molecule has 0 spiro atoms. The largest absolute Gasteiger partial charge is 0.370 e. The summed E-state index contributed by atoms with van der Waals surface area (Å²) in [6.07, 6.45) is 5.67. The second kappa shape index (κ2) is 8.05. The van der Waals surface area contributed by atoms with Crippen molar-refractivity contribution in [1.29, 1.82) is 0 Å². The van der Waals surface area contributed by atoms with E-state index in [1.807, 2.05) is 30.3 Å². The number of primary amides is 1. The molecule has 1 aromatic carbocycles. The van der Waals surface area contributed by atoms with Gasteiger partial charge in [0, 0.05) is 6.42 Å². The van der Waals surface area contributed by atoms with Gasteiger partial charge in [-0.3, -0.25) is 4.79 Å². The van der Waals surface area contributed by atoms with Crippen LogP contribution in [0.5, 0.6) is 0 Å². The molecule has 3 heteroatoms. The zero-order chi connectivity index (χ0) is 15.0. The van der Waals surface area contributed by atoms with Crippen molar-refractivity contribution in [2.45, 2.75) is 57.9 Å². The highest BCUT2D eigenvalue weighted by Gasteiger charge is 2.31. The second-order valence-corrected chi connectivity index (χ2v) is 5.79. The maximum Gasteiger partial charge on any atom is 0.219 e. The Morgan fingerprint density at radius 1 is 1.25 bits per heavy atom. The van der Waals surface area contributed by atoms with Gasteiger partial charge in [0.05, 0.1) is 5.54 Å². The van der Waals surface area contributed by atoms with E-state index in [1.165, 1.54) is 12.8 Å². The number of carbonyl (C=O) groups excluding carboxylic acids is 1. The molecule has 4 N–H and O–H groups in total. The number of rotatable bonds is 9. The third-order valence-electron chi connectivity index (χ3n) is 4.03. The average Bonchev–Trinajstić information content (AvgIpc) is 2.43. The summed E-state index contributed by atoms with van der Waals surface area (Å²) in [6.45, 7) is 4.39. The molecule has 0 aliphatic rings. The molecule has 0 aromatic heterocycles. The smallest absolute Gasteiger partial charge is 0.219 e. The van der Waals surface area contributed by atoms with Crippen LogP contribution in [0, 0.1) is 5.92 Å². The van der Waals surface area contributed by atoms with Gasteiger partial charge < -0.3 is 11.5 Å². The van der Waals surface area contributed by atoms with E-state index in [9.17, 15) is 4.79 Å². The highest BCUT2D eigenvalue weighted by molar-refractivity contribution is 5.75. The fraction of sp³-hybridized carbons (Fsp3) is 0.588. The fourth-order valence-electron chi connectivity index (χ4n) is 2.83. The van der Waals surface area contributed by atoms with E-state index < -0.39 is 5.54 Å². The summed E-state index contributed by atoms with van der Waals surface area (Å²) in [4.78, 5) is 11.4. The summed E-state index contributed by atoms with van der Waals surface area (Å²) in [5.74, 6) is 0.209.